The molecule has 1 spiro atoms. The lowest BCUT2D eigenvalue weighted by molar-refractivity contribution is 0.451. The molecule has 0 amide bonds. The third-order valence-corrected chi connectivity index (χ3v) is 4.91. The molecule has 2 rings (SSSR count). The molecule has 1 N–H and O–H groups in total. The Labute approximate surface area is 104 Å². The van der Waals surface area contributed by atoms with Crippen molar-refractivity contribution in [1.82, 2.24) is 5.32 Å². The Morgan fingerprint density at radius 2 is 2.19 bits per heavy atom. The van der Waals surface area contributed by atoms with Crippen molar-refractivity contribution in [2.24, 2.45) is 4.99 Å². The van der Waals surface area contributed by atoms with Crippen LogP contribution in [-0.4, -0.2) is 22.5 Å². The van der Waals surface area contributed by atoms with Crippen LogP contribution in [0.15, 0.2) is 4.99 Å². The maximum absolute atomic E-state index is 4.80. The molecule has 2 nitrogen and oxygen atoms in total. The van der Waals surface area contributed by atoms with Crippen molar-refractivity contribution in [3.63, 3.8) is 0 Å². The van der Waals surface area contributed by atoms with Gasteiger partial charge >= 0.3 is 0 Å². The van der Waals surface area contributed by atoms with Gasteiger partial charge in [0.1, 0.15) is 0 Å². The van der Waals surface area contributed by atoms with Crippen LogP contribution in [0, 0.1) is 0 Å². The maximum atomic E-state index is 4.80. The van der Waals surface area contributed by atoms with E-state index in [9.17, 15) is 0 Å². The number of nitrogens with one attached hydrogen (secondary N) is 1. The second kappa shape index (κ2) is 5.44. The van der Waals surface area contributed by atoms with Gasteiger partial charge in [-0.25, -0.2) is 0 Å². The van der Waals surface area contributed by atoms with Gasteiger partial charge in [-0.05, 0) is 26.2 Å². The first-order valence-electron chi connectivity index (χ1n) is 6.73. The van der Waals surface area contributed by atoms with Crippen LogP contribution in [-0.2, 0) is 0 Å². The standard InChI is InChI=1S/C13H24N2S/c1-3-4-7-11(2)14-12-15-13(10-16-12)8-5-6-9-13/h11H,3-10H2,1-2H3,(H,14,15). The Morgan fingerprint density at radius 3 is 2.88 bits per heavy atom. The van der Waals surface area contributed by atoms with E-state index >= 15 is 0 Å². The second-order valence-corrected chi connectivity index (χ2v) is 6.29. The number of nitrogens with zero attached hydrogens (tertiary/aromatic N) is 1. The average Bonchev–Trinajstić information content (AvgIpc) is 2.87. The zero-order valence-electron chi connectivity index (χ0n) is 10.6. The minimum atomic E-state index is 0.425. The Hall–Kier alpha value is -0.180. The van der Waals surface area contributed by atoms with Gasteiger partial charge in [0.15, 0.2) is 5.17 Å². The van der Waals surface area contributed by atoms with Crippen LogP contribution >= 0.6 is 11.8 Å². The van der Waals surface area contributed by atoms with Gasteiger partial charge < -0.3 is 5.32 Å². The molecule has 0 aromatic rings. The zero-order chi connectivity index (χ0) is 11.4. The molecule has 1 atom stereocenters. The van der Waals surface area contributed by atoms with Gasteiger partial charge in [0.25, 0.3) is 0 Å². The molecule has 0 bridgehead atoms. The summed E-state index contributed by atoms with van der Waals surface area (Å²) < 4.78 is 0. The molecule has 1 aliphatic heterocycles. The molecule has 16 heavy (non-hydrogen) atoms. The Balaban J connectivity index is 1.85. The second-order valence-electron chi connectivity index (χ2n) is 5.33. The predicted octanol–water partition coefficient (Wildman–Crippen LogP) is 3.57. The van der Waals surface area contributed by atoms with Crippen LogP contribution in [0.25, 0.3) is 0 Å². The van der Waals surface area contributed by atoms with Gasteiger partial charge in [0, 0.05) is 17.3 Å². The van der Waals surface area contributed by atoms with Gasteiger partial charge in [-0.15, -0.1) is 0 Å². The monoisotopic (exact) mass is 240 g/mol. The van der Waals surface area contributed by atoms with Crippen molar-refractivity contribution in [2.75, 3.05) is 5.75 Å². The maximum Gasteiger partial charge on any atom is 0.157 e. The van der Waals surface area contributed by atoms with Gasteiger partial charge in [-0.2, -0.15) is 0 Å². The molecule has 1 unspecified atom stereocenters. The van der Waals surface area contributed by atoms with E-state index in [-0.39, 0.29) is 0 Å². The van der Waals surface area contributed by atoms with Crippen molar-refractivity contribution in [3.8, 4) is 0 Å². The molecule has 1 heterocycles. The summed E-state index contributed by atoms with van der Waals surface area (Å²) in [6.07, 6.45) is 9.30. The van der Waals surface area contributed by atoms with E-state index in [4.69, 9.17) is 4.99 Å². The molecule has 2 aliphatic rings. The highest BCUT2D eigenvalue weighted by Crippen LogP contribution is 2.37. The number of aliphatic imine (C=N–C) groups is 1. The third kappa shape index (κ3) is 2.93. The number of thioether (sulfide) groups is 1. The van der Waals surface area contributed by atoms with Crippen LogP contribution in [0.2, 0.25) is 0 Å². The summed E-state index contributed by atoms with van der Waals surface area (Å²) in [5, 5.41) is 4.90. The average molecular weight is 240 g/mol. The van der Waals surface area contributed by atoms with Crippen molar-refractivity contribution in [3.05, 3.63) is 0 Å². The highest BCUT2D eigenvalue weighted by Gasteiger charge is 2.39. The fourth-order valence-electron chi connectivity index (χ4n) is 2.66. The quantitative estimate of drug-likeness (QED) is 0.812. The number of hydrogen-bond donors (Lipinski definition) is 1. The minimum Gasteiger partial charge on any atom is -0.359 e. The Morgan fingerprint density at radius 1 is 1.44 bits per heavy atom. The first-order valence-corrected chi connectivity index (χ1v) is 7.71. The zero-order valence-corrected chi connectivity index (χ0v) is 11.4. The molecule has 1 saturated carbocycles. The van der Waals surface area contributed by atoms with E-state index < -0.39 is 0 Å². The van der Waals surface area contributed by atoms with Crippen LogP contribution < -0.4 is 5.32 Å². The lowest BCUT2D eigenvalue weighted by Crippen LogP contribution is -2.40. The number of hydrogen-bond acceptors (Lipinski definition) is 2. The highest BCUT2D eigenvalue weighted by atomic mass is 32.2. The topological polar surface area (TPSA) is 24.4 Å². The highest BCUT2D eigenvalue weighted by molar-refractivity contribution is 8.14. The molecular formula is C13H24N2S. The van der Waals surface area contributed by atoms with Crippen LogP contribution in [0.3, 0.4) is 0 Å². The molecule has 0 aromatic carbocycles. The first kappa shape index (κ1) is 12.3. The van der Waals surface area contributed by atoms with Crippen molar-refractivity contribution in [2.45, 2.75) is 70.4 Å². The van der Waals surface area contributed by atoms with Crippen molar-refractivity contribution < 1.29 is 0 Å². The van der Waals surface area contributed by atoms with Crippen LogP contribution in [0.5, 0.6) is 0 Å². The minimum absolute atomic E-state index is 0.425. The predicted molar refractivity (Wildman–Crippen MR) is 73.2 cm³/mol. The Kier molecular flexibility index (Phi) is 4.17. The van der Waals surface area contributed by atoms with Crippen LogP contribution in [0.4, 0.5) is 0 Å². The fourth-order valence-corrected chi connectivity index (χ4v) is 3.98. The van der Waals surface area contributed by atoms with E-state index in [0.29, 0.717) is 11.6 Å². The summed E-state index contributed by atoms with van der Waals surface area (Å²) in [6.45, 7) is 4.49. The summed E-state index contributed by atoms with van der Waals surface area (Å²) in [6, 6.07) is 0.492. The van der Waals surface area contributed by atoms with E-state index in [1.54, 1.807) is 0 Å². The van der Waals surface area contributed by atoms with Crippen molar-refractivity contribution in [1.29, 1.82) is 0 Å². The molecular weight excluding hydrogens is 216 g/mol. The van der Waals surface area contributed by atoms with E-state index in [1.165, 1.54) is 55.9 Å². The van der Waals surface area contributed by atoms with Gasteiger partial charge in [0.05, 0.1) is 0 Å². The lowest BCUT2D eigenvalue weighted by Gasteiger charge is -2.22. The van der Waals surface area contributed by atoms with Gasteiger partial charge in [-0.3, -0.25) is 4.99 Å². The molecule has 3 heteroatoms. The molecule has 2 fully saturated rings. The SMILES string of the molecule is CCCCC(C)N=C1NC2(CCCC2)CS1. The number of amidine groups is 1. The van der Waals surface area contributed by atoms with Gasteiger partial charge in [0.2, 0.25) is 0 Å². The summed E-state index contributed by atoms with van der Waals surface area (Å²) >= 11 is 1.94. The van der Waals surface area contributed by atoms with Crippen LogP contribution in [0.1, 0.15) is 58.8 Å². The summed E-state index contributed by atoms with van der Waals surface area (Å²) in [5.74, 6) is 1.24. The normalized spacial score (nSPS) is 27.5. The summed E-state index contributed by atoms with van der Waals surface area (Å²) in [7, 11) is 0. The third-order valence-electron chi connectivity index (χ3n) is 3.73. The molecule has 0 radical (unpaired) electrons. The van der Waals surface area contributed by atoms with E-state index in [0.717, 1.165) is 0 Å². The van der Waals surface area contributed by atoms with E-state index in [1.807, 2.05) is 11.8 Å². The van der Waals surface area contributed by atoms with E-state index in [2.05, 4.69) is 19.2 Å². The molecule has 0 aromatic heterocycles. The fraction of sp³-hybridized carbons (Fsp3) is 0.923. The number of rotatable bonds is 4. The Bertz CT molecular complexity index is 257. The molecule has 1 saturated heterocycles. The largest absolute Gasteiger partial charge is 0.359 e. The summed E-state index contributed by atoms with van der Waals surface area (Å²) in [4.78, 5) is 4.80. The molecule has 1 aliphatic carbocycles. The lowest BCUT2D eigenvalue weighted by atomic mass is 10.0. The smallest absolute Gasteiger partial charge is 0.157 e. The van der Waals surface area contributed by atoms with Gasteiger partial charge in [-0.1, -0.05) is 44.4 Å². The molecule has 92 valence electrons. The summed E-state index contributed by atoms with van der Waals surface area (Å²) in [5.41, 5.74) is 0.425. The number of unbranched alkanes of at least 4 members (excludes halogenated alkanes) is 1. The van der Waals surface area contributed by atoms with Crippen molar-refractivity contribution >= 4 is 16.9 Å². The first-order chi connectivity index (χ1) is 7.74.